The molecule has 0 aliphatic rings. The lowest BCUT2D eigenvalue weighted by molar-refractivity contribution is 0.629. The normalized spacial score (nSPS) is 11.2. The molecular formula is C15H13ClFN3. The van der Waals surface area contributed by atoms with Crippen LogP contribution in [0.5, 0.6) is 0 Å². The van der Waals surface area contributed by atoms with Crippen LogP contribution < -0.4 is 5.73 Å². The quantitative estimate of drug-likeness (QED) is 0.776. The van der Waals surface area contributed by atoms with Crippen LogP contribution >= 0.6 is 11.6 Å². The standard InChI is InChI=1S/C15H13ClFN3/c1-2-9-3-5-10(6-4-9)20-14-8-12(17)11(16)7-13(14)19-15(20)18/h3-8H,2H2,1H3,(H2,18,19). The third-order valence-corrected chi connectivity index (χ3v) is 3.61. The summed E-state index contributed by atoms with van der Waals surface area (Å²) >= 11 is 5.77. The van der Waals surface area contributed by atoms with Crippen molar-refractivity contribution in [3.63, 3.8) is 0 Å². The lowest BCUT2D eigenvalue weighted by Gasteiger charge is -2.07. The highest BCUT2D eigenvalue weighted by atomic mass is 35.5. The molecule has 0 fully saturated rings. The second-order valence-electron chi connectivity index (χ2n) is 4.58. The molecule has 102 valence electrons. The molecule has 3 aromatic rings. The molecule has 1 aromatic heterocycles. The number of hydrogen-bond donors (Lipinski definition) is 1. The molecule has 0 spiro atoms. The minimum Gasteiger partial charge on any atom is -0.369 e. The topological polar surface area (TPSA) is 43.8 Å². The molecule has 0 bridgehead atoms. The Morgan fingerprint density at radius 1 is 1.25 bits per heavy atom. The second-order valence-corrected chi connectivity index (χ2v) is 4.99. The second kappa shape index (κ2) is 4.80. The highest BCUT2D eigenvalue weighted by Crippen LogP contribution is 2.27. The first-order chi connectivity index (χ1) is 9.60. The number of benzene rings is 2. The molecule has 1 heterocycles. The average Bonchev–Trinajstić information content (AvgIpc) is 2.75. The molecule has 5 heteroatoms. The van der Waals surface area contributed by atoms with Gasteiger partial charge in [0.2, 0.25) is 5.95 Å². The molecule has 0 atom stereocenters. The van der Waals surface area contributed by atoms with Crippen LogP contribution in [-0.2, 0) is 6.42 Å². The Balaban J connectivity index is 2.23. The molecule has 0 aliphatic heterocycles. The van der Waals surface area contributed by atoms with Crippen LogP contribution in [0, 0.1) is 5.82 Å². The van der Waals surface area contributed by atoms with Crippen molar-refractivity contribution in [1.82, 2.24) is 9.55 Å². The van der Waals surface area contributed by atoms with Gasteiger partial charge >= 0.3 is 0 Å². The van der Waals surface area contributed by atoms with Gasteiger partial charge in [0.15, 0.2) is 0 Å². The maximum atomic E-state index is 13.7. The third-order valence-electron chi connectivity index (χ3n) is 3.33. The summed E-state index contributed by atoms with van der Waals surface area (Å²) in [6.45, 7) is 2.09. The van der Waals surface area contributed by atoms with Gasteiger partial charge in [0, 0.05) is 11.8 Å². The fraction of sp³-hybridized carbons (Fsp3) is 0.133. The van der Waals surface area contributed by atoms with Crippen LogP contribution in [0.2, 0.25) is 5.02 Å². The molecule has 0 saturated carbocycles. The monoisotopic (exact) mass is 289 g/mol. The summed E-state index contributed by atoms with van der Waals surface area (Å²) in [5, 5.41) is 0.0449. The molecule has 0 unspecified atom stereocenters. The van der Waals surface area contributed by atoms with E-state index < -0.39 is 5.82 Å². The summed E-state index contributed by atoms with van der Waals surface area (Å²) < 4.78 is 15.4. The van der Waals surface area contributed by atoms with E-state index >= 15 is 0 Å². The zero-order valence-corrected chi connectivity index (χ0v) is 11.7. The summed E-state index contributed by atoms with van der Waals surface area (Å²) in [5.41, 5.74) is 9.20. The maximum absolute atomic E-state index is 13.7. The van der Waals surface area contributed by atoms with Gasteiger partial charge in [-0.3, -0.25) is 4.57 Å². The van der Waals surface area contributed by atoms with Gasteiger partial charge in [0.1, 0.15) is 5.82 Å². The van der Waals surface area contributed by atoms with E-state index in [9.17, 15) is 4.39 Å². The van der Waals surface area contributed by atoms with Crippen molar-refractivity contribution in [2.75, 3.05) is 5.73 Å². The zero-order valence-electron chi connectivity index (χ0n) is 10.9. The minimum absolute atomic E-state index is 0.0449. The molecule has 0 radical (unpaired) electrons. The zero-order chi connectivity index (χ0) is 14.3. The van der Waals surface area contributed by atoms with Gasteiger partial charge < -0.3 is 5.73 Å². The number of hydrogen-bond acceptors (Lipinski definition) is 2. The Labute approximate surface area is 120 Å². The van der Waals surface area contributed by atoms with E-state index in [0.717, 1.165) is 12.1 Å². The summed E-state index contributed by atoms with van der Waals surface area (Å²) in [5.74, 6) is -0.170. The Hall–Kier alpha value is -2.07. The highest BCUT2D eigenvalue weighted by Gasteiger charge is 2.13. The van der Waals surface area contributed by atoms with Crippen LogP contribution in [0.25, 0.3) is 16.7 Å². The number of halogens is 2. The first-order valence-corrected chi connectivity index (χ1v) is 6.70. The molecule has 20 heavy (non-hydrogen) atoms. The van der Waals surface area contributed by atoms with Gasteiger partial charge in [-0.25, -0.2) is 9.37 Å². The summed E-state index contributed by atoms with van der Waals surface area (Å²) in [6.07, 6.45) is 0.963. The molecular weight excluding hydrogens is 277 g/mol. The van der Waals surface area contributed by atoms with Crippen molar-refractivity contribution in [1.29, 1.82) is 0 Å². The number of nitrogen functional groups attached to an aromatic ring is 1. The van der Waals surface area contributed by atoms with Crippen molar-refractivity contribution < 1.29 is 4.39 Å². The van der Waals surface area contributed by atoms with Gasteiger partial charge in [-0.2, -0.15) is 0 Å². The number of imidazole rings is 1. The van der Waals surface area contributed by atoms with E-state index in [1.54, 1.807) is 4.57 Å². The van der Waals surface area contributed by atoms with Crippen LogP contribution in [0.3, 0.4) is 0 Å². The van der Waals surface area contributed by atoms with E-state index in [0.29, 0.717) is 17.0 Å². The largest absolute Gasteiger partial charge is 0.369 e. The molecule has 0 aliphatic carbocycles. The van der Waals surface area contributed by atoms with E-state index in [-0.39, 0.29) is 5.02 Å². The van der Waals surface area contributed by atoms with Crippen LogP contribution in [-0.4, -0.2) is 9.55 Å². The molecule has 3 rings (SSSR count). The molecule has 0 saturated heterocycles. The Kier molecular flexibility index (Phi) is 3.10. The van der Waals surface area contributed by atoms with E-state index in [1.807, 2.05) is 24.3 Å². The summed E-state index contributed by atoms with van der Waals surface area (Å²) in [6, 6.07) is 10.8. The van der Waals surface area contributed by atoms with Crippen molar-refractivity contribution in [2.24, 2.45) is 0 Å². The predicted molar refractivity (Wildman–Crippen MR) is 79.8 cm³/mol. The lowest BCUT2D eigenvalue weighted by Crippen LogP contribution is -2.00. The van der Waals surface area contributed by atoms with Gasteiger partial charge in [-0.15, -0.1) is 0 Å². The lowest BCUT2D eigenvalue weighted by atomic mass is 10.1. The van der Waals surface area contributed by atoms with Crippen molar-refractivity contribution in [2.45, 2.75) is 13.3 Å². The van der Waals surface area contributed by atoms with Gasteiger partial charge in [0.25, 0.3) is 0 Å². The van der Waals surface area contributed by atoms with Crippen molar-refractivity contribution in [3.05, 3.63) is 52.8 Å². The van der Waals surface area contributed by atoms with Crippen LogP contribution in [0.15, 0.2) is 36.4 Å². The molecule has 2 N–H and O–H groups in total. The average molecular weight is 290 g/mol. The fourth-order valence-corrected chi connectivity index (χ4v) is 2.40. The van der Waals surface area contributed by atoms with E-state index in [1.165, 1.54) is 17.7 Å². The van der Waals surface area contributed by atoms with Crippen molar-refractivity contribution in [3.8, 4) is 5.69 Å². The Bertz CT molecular complexity index is 778. The third kappa shape index (κ3) is 2.02. The summed E-state index contributed by atoms with van der Waals surface area (Å²) in [4.78, 5) is 4.22. The smallest absolute Gasteiger partial charge is 0.205 e. The Morgan fingerprint density at radius 3 is 2.60 bits per heavy atom. The highest BCUT2D eigenvalue weighted by molar-refractivity contribution is 6.31. The minimum atomic E-state index is -0.481. The summed E-state index contributed by atoms with van der Waals surface area (Å²) in [7, 11) is 0. The number of anilines is 1. The number of rotatable bonds is 2. The SMILES string of the molecule is CCc1ccc(-n2c(N)nc3cc(Cl)c(F)cc32)cc1. The number of nitrogens with zero attached hydrogens (tertiary/aromatic N) is 2. The molecule has 0 amide bonds. The number of aromatic nitrogens is 2. The number of fused-ring (bicyclic) bond motifs is 1. The van der Waals surface area contributed by atoms with Crippen molar-refractivity contribution >= 4 is 28.6 Å². The van der Waals surface area contributed by atoms with Gasteiger partial charge in [0.05, 0.1) is 16.1 Å². The van der Waals surface area contributed by atoms with Gasteiger partial charge in [-0.05, 0) is 30.2 Å². The number of aryl methyl sites for hydroxylation is 1. The first-order valence-electron chi connectivity index (χ1n) is 6.32. The Morgan fingerprint density at radius 2 is 1.95 bits per heavy atom. The van der Waals surface area contributed by atoms with Gasteiger partial charge in [-0.1, -0.05) is 30.7 Å². The number of nitrogens with two attached hydrogens (primary N) is 1. The van der Waals surface area contributed by atoms with Crippen LogP contribution in [0.4, 0.5) is 10.3 Å². The predicted octanol–water partition coefficient (Wildman–Crippen LogP) is 3.96. The fourth-order valence-electron chi connectivity index (χ4n) is 2.24. The molecule has 2 aromatic carbocycles. The molecule has 3 nitrogen and oxygen atoms in total. The van der Waals surface area contributed by atoms with E-state index in [4.69, 9.17) is 17.3 Å². The maximum Gasteiger partial charge on any atom is 0.205 e. The van der Waals surface area contributed by atoms with E-state index in [2.05, 4.69) is 11.9 Å². The first kappa shape index (κ1) is 12.9. The van der Waals surface area contributed by atoms with Crippen LogP contribution in [0.1, 0.15) is 12.5 Å².